The summed E-state index contributed by atoms with van der Waals surface area (Å²) in [4.78, 5) is 11.1. The monoisotopic (exact) mass is 420 g/mol. The van der Waals surface area contributed by atoms with Crippen LogP contribution < -0.4 is 10.1 Å². The molecular formula is C25H28N2O4. The number of hydrogen-bond acceptors (Lipinski definition) is 5. The van der Waals surface area contributed by atoms with Gasteiger partial charge in [0.15, 0.2) is 5.75 Å². The Morgan fingerprint density at radius 1 is 1.00 bits per heavy atom. The molecule has 0 saturated heterocycles. The summed E-state index contributed by atoms with van der Waals surface area (Å²) < 4.78 is 5.66. The van der Waals surface area contributed by atoms with Gasteiger partial charge in [-0.25, -0.2) is 0 Å². The summed E-state index contributed by atoms with van der Waals surface area (Å²) in [7, 11) is 0. The second kappa shape index (κ2) is 10.2. The van der Waals surface area contributed by atoms with Gasteiger partial charge in [-0.2, -0.15) is 0 Å². The average Bonchev–Trinajstić information content (AvgIpc) is 2.77. The van der Waals surface area contributed by atoms with Crippen molar-refractivity contribution in [3.05, 3.63) is 106 Å². The molecule has 0 aliphatic heterocycles. The van der Waals surface area contributed by atoms with Gasteiger partial charge < -0.3 is 15.2 Å². The van der Waals surface area contributed by atoms with Gasteiger partial charge in [-0.1, -0.05) is 66.7 Å². The fourth-order valence-corrected chi connectivity index (χ4v) is 3.40. The van der Waals surface area contributed by atoms with Crippen molar-refractivity contribution in [3.8, 4) is 5.75 Å². The van der Waals surface area contributed by atoms with Crippen molar-refractivity contribution in [2.75, 3.05) is 6.54 Å². The highest BCUT2D eigenvalue weighted by Crippen LogP contribution is 2.31. The van der Waals surface area contributed by atoms with Gasteiger partial charge in [-0.05, 0) is 43.0 Å². The molecule has 3 aromatic rings. The lowest BCUT2D eigenvalue weighted by Crippen LogP contribution is -2.43. The van der Waals surface area contributed by atoms with Gasteiger partial charge in [0.1, 0.15) is 6.61 Å². The molecule has 1 unspecified atom stereocenters. The van der Waals surface area contributed by atoms with Crippen LogP contribution in [-0.2, 0) is 13.0 Å². The Morgan fingerprint density at radius 2 is 1.61 bits per heavy atom. The van der Waals surface area contributed by atoms with Crippen molar-refractivity contribution in [1.82, 2.24) is 5.32 Å². The summed E-state index contributed by atoms with van der Waals surface area (Å²) in [5.41, 5.74) is 2.20. The minimum atomic E-state index is -0.878. The molecule has 3 rings (SSSR count). The lowest BCUT2D eigenvalue weighted by molar-refractivity contribution is -0.386. The van der Waals surface area contributed by atoms with Crippen molar-refractivity contribution in [3.63, 3.8) is 0 Å². The summed E-state index contributed by atoms with van der Waals surface area (Å²) in [6, 6.07) is 24.2. The maximum absolute atomic E-state index is 11.6. The number of rotatable bonds is 10. The molecule has 0 aromatic heterocycles. The molecule has 0 saturated carbocycles. The van der Waals surface area contributed by atoms with Crippen LogP contribution in [0.25, 0.3) is 0 Å². The molecular weight excluding hydrogens is 392 g/mol. The van der Waals surface area contributed by atoms with Crippen LogP contribution in [0, 0.1) is 10.1 Å². The van der Waals surface area contributed by atoms with Crippen LogP contribution in [0.5, 0.6) is 5.75 Å². The van der Waals surface area contributed by atoms with Crippen molar-refractivity contribution in [2.24, 2.45) is 0 Å². The molecule has 6 heteroatoms. The van der Waals surface area contributed by atoms with E-state index in [0.717, 1.165) is 12.0 Å². The Labute approximate surface area is 182 Å². The Hall–Kier alpha value is -3.22. The number of aliphatic hydroxyl groups is 1. The lowest BCUT2D eigenvalue weighted by atomic mass is 9.94. The van der Waals surface area contributed by atoms with Crippen LogP contribution in [0.4, 0.5) is 5.69 Å². The van der Waals surface area contributed by atoms with Gasteiger partial charge in [-0.3, -0.25) is 10.1 Å². The second-order valence-corrected chi connectivity index (χ2v) is 8.20. The molecule has 0 radical (unpaired) electrons. The van der Waals surface area contributed by atoms with E-state index in [1.165, 1.54) is 11.6 Å². The highest BCUT2D eigenvalue weighted by Gasteiger charge is 2.22. The SMILES string of the molecule is CC(C)(Cc1ccccc1)NCC(O)c1ccc(OCc2ccccc2)c([N+](=O)[O-])c1. The number of nitro groups is 1. The Morgan fingerprint density at radius 3 is 2.23 bits per heavy atom. The topological polar surface area (TPSA) is 84.6 Å². The number of nitro benzene ring substituents is 1. The van der Waals surface area contributed by atoms with Gasteiger partial charge in [0.2, 0.25) is 0 Å². The zero-order valence-corrected chi connectivity index (χ0v) is 17.8. The molecule has 0 aliphatic rings. The van der Waals surface area contributed by atoms with Crippen LogP contribution in [0.3, 0.4) is 0 Å². The predicted molar refractivity (Wildman–Crippen MR) is 121 cm³/mol. The smallest absolute Gasteiger partial charge is 0.311 e. The molecule has 1 atom stereocenters. The molecule has 162 valence electrons. The summed E-state index contributed by atoms with van der Waals surface area (Å²) >= 11 is 0. The third-order valence-corrected chi connectivity index (χ3v) is 5.06. The van der Waals surface area contributed by atoms with Crippen LogP contribution in [0.1, 0.15) is 36.6 Å². The maximum Gasteiger partial charge on any atom is 0.311 e. The molecule has 0 aliphatic carbocycles. The van der Waals surface area contributed by atoms with Gasteiger partial charge in [-0.15, -0.1) is 0 Å². The van der Waals surface area contributed by atoms with Crippen LogP contribution >= 0.6 is 0 Å². The van der Waals surface area contributed by atoms with Crippen molar-refractivity contribution in [2.45, 2.75) is 38.5 Å². The first kappa shape index (κ1) is 22.5. The third kappa shape index (κ3) is 6.64. The maximum atomic E-state index is 11.6. The van der Waals surface area contributed by atoms with Gasteiger partial charge >= 0.3 is 5.69 Å². The summed E-state index contributed by atoms with van der Waals surface area (Å²) in [6.07, 6.45) is -0.0793. The number of nitrogens with one attached hydrogen (secondary N) is 1. The molecule has 31 heavy (non-hydrogen) atoms. The Bertz CT molecular complexity index is 991. The van der Waals surface area contributed by atoms with E-state index in [9.17, 15) is 15.2 Å². The number of benzene rings is 3. The molecule has 0 fully saturated rings. The van der Waals surface area contributed by atoms with Crippen molar-refractivity contribution >= 4 is 5.69 Å². The van der Waals surface area contributed by atoms with E-state index < -0.39 is 11.0 Å². The minimum absolute atomic E-state index is 0.156. The molecule has 0 amide bonds. The van der Waals surface area contributed by atoms with E-state index in [4.69, 9.17) is 4.74 Å². The summed E-state index contributed by atoms with van der Waals surface area (Å²) in [6.45, 7) is 4.64. The van der Waals surface area contributed by atoms with E-state index in [2.05, 4.69) is 31.3 Å². The first-order chi connectivity index (χ1) is 14.8. The zero-order chi connectivity index (χ0) is 22.3. The number of nitrogens with zero attached hydrogens (tertiary/aromatic N) is 1. The molecule has 0 heterocycles. The van der Waals surface area contributed by atoms with Crippen LogP contribution in [-0.4, -0.2) is 22.1 Å². The van der Waals surface area contributed by atoms with Crippen LogP contribution in [0.2, 0.25) is 0 Å². The van der Waals surface area contributed by atoms with Gasteiger partial charge in [0.05, 0.1) is 11.0 Å². The van der Waals surface area contributed by atoms with E-state index in [0.29, 0.717) is 5.56 Å². The van der Waals surface area contributed by atoms with Crippen LogP contribution in [0.15, 0.2) is 78.9 Å². The summed E-state index contributed by atoms with van der Waals surface area (Å²) in [5, 5.41) is 25.6. The molecule has 0 bridgehead atoms. The first-order valence-electron chi connectivity index (χ1n) is 10.3. The highest BCUT2D eigenvalue weighted by molar-refractivity contribution is 5.49. The standard InChI is InChI=1S/C25H28N2O4/c1-25(2,16-19-9-5-3-6-10-19)26-17-23(28)21-13-14-24(22(15-21)27(29)30)31-18-20-11-7-4-8-12-20/h3-15,23,26,28H,16-18H2,1-2H3. The largest absolute Gasteiger partial charge is 0.482 e. The zero-order valence-electron chi connectivity index (χ0n) is 17.8. The van der Waals surface area contributed by atoms with E-state index in [1.54, 1.807) is 12.1 Å². The predicted octanol–water partition coefficient (Wildman–Crippen LogP) is 4.82. The fraction of sp³-hybridized carbons (Fsp3) is 0.280. The minimum Gasteiger partial charge on any atom is -0.482 e. The van der Waals surface area contributed by atoms with E-state index in [1.807, 2.05) is 48.5 Å². The van der Waals surface area contributed by atoms with E-state index >= 15 is 0 Å². The highest BCUT2D eigenvalue weighted by atomic mass is 16.6. The quantitative estimate of drug-likeness (QED) is 0.363. The molecule has 3 aromatic carbocycles. The van der Waals surface area contributed by atoms with Gasteiger partial charge in [0, 0.05) is 18.2 Å². The molecule has 0 spiro atoms. The third-order valence-electron chi connectivity index (χ3n) is 5.06. The fourth-order valence-electron chi connectivity index (χ4n) is 3.40. The number of aliphatic hydroxyl groups excluding tert-OH is 1. The second-order valence-electron chi connectivity index (χ2n) is 8.20. The lowest BCUT2D eigenvalue weighted by Gasteiger charge is -2.28. The Balaban J connectivity index is 1.64. The number of ether oxygens (including phenoxy) is 1. The summed E-state index contributed by atoms with van der Waals surface area (Å²) in [5.74, 6) is 0.183. The van der Waals surface area contributed by atoms with Crippen molar-refractivity contribution in [1.29, 1.82) is 0 Å². The Kier molecular flexibility index (Phi) is 7.39. The van der Waals surface area contributed by atoms with Gasteiger partial charge in [0.25, 0.3) is 0 Å². The average molecular weight is 421 g/mol. The molecule has 2 N–H and O–H groups in total. The normalized spacial score (nSPS) is 12.4. The number of hydrogen-bond donors (Lipinski definition) is 2. The number of β-amino-alcohol motifs (C(OH)–C–C–N with tert-alkyl or cyclic N) is 1. The van der Waals surface area contributed by atoms with Crippen molar-refractivity contribution < 1.29 is 14.8 Å². The first-order valence-corrected chi connectivity index (χ1v) is 10.3. The molecule has 6 nitrogen and oxygen atoms in total. The van der Waals surface area contributed by atoms with E-state index in [-0.39, 0.29) is 30.1 Å².